The van der Waals surface area contributed by atoms with Gasteiger partial charge in [-0.3, -0.25) is 0 Å². The number of rotatable bonds is 2. The van der Waals surface area contributed by atoms with Crippen molar-refractivity contribution in [2.75, 3.05) is 0 Å². The molecule has 0 aliphatic heterocycles. The number of hydrogen-bond acceptors (Lipinski definition) is 0. The van der Waals surface area contributed by atoms with E-state index >= 15 is 0 Å². The molecule has 0 saturated carbocycles. The molecule has 67 valence electrons. The van der Waals surface area contributed by atoms with Gasteiger partial charge in [0.15, 0.2) is 0 Å². The Balaban J connectivity index is 2.14. The summed E-state index contributed by atoms with van der Waals surface area (Å²) in [4.78, 5) is 0. The molecule has 0 aromatic carbocycles. The Morgan fingerprint density at radius 2 is 2.08 bits per heavy atom. The van der Waals surface area contributed by atoms with Crippen LogP contribution in [0.1, 0.15) is 19.8 Å². The average molecular weight is 187 g/mol. The van der Waals surface area contributed by atoms with Gasteiger partial charge < -0.3 is 0 Å². The summed E-state index contributed by atoms with van der Waals surface area (Å²) >= 11 is 0. The van der Waals surface area contributed by atoms with E-state index in [9.17, 15) is 0 Å². The van der Waals surface area contributed by atoms with Crippen molar-refractivity contribution < 1.29 is 0 Å². The molecule has 0 saturated heterocycles. The second-order valence-corrected chi connectivity index (χ2v) is 6.21. The first-order chi connectivity index (χ1) is 6.29. The van der Waals surface area contributed by atoms with E-state index in [1.165, 1.54) is 18.4 Å². The van der Waals surface area contributed by atoms with Crippen molar-refractivity contribution in [1.29, 1.82) is 0 Å². The predicted octanol–water partition coefficient (Wildman–Crippen LogP) is 3.35. The fraction of sp³-hybridized carbons (Fsp3) is 0.333. The van der Waals surface area contributed by atoms with Crippen LogP contribution in [0.25, 0.3) is 0 Å². The van der Waals surface area contributed by atoms with Crippen molar-refractivity contribution >= 4 is 8.80 Å². The van der Waals surface area contributed by atoms with Crippen LogP contribution in [0.15, 0.2) is 46.3 Å². The van der Waals surface area contributed by atoms with E-state index in [1.807, 2.05) is 0 Å². The third-order valence-electron chi connectivity index (χ3n) is 2.87. The first-order valence-electron chi connectivity index (χ1n) is 4.85. The molecule has 0 aromatic rings. The van der Waals surface area contributed by atoms with Crippen LogP contribution in [0.3, 0.4) is 0 Å². The fourth-order valence-corrected chi connectivity index (χ4v) is 4.24. The van der Waals surface area contributed by atoms with Crippen LogP contribution >= 0.6 is 0 Å². The molecule has 2 rings (SSSR count). The molecule has 0 atom stereocenters. The van der Waals surface area contributed by atoms with Gasteiger partial charge in [-0.2, -0.15) is 0 Å². The molecule has 0 spiro atoms. The minimum absolute atomic E-state index is 0.378. The monoisotopic (exact) mass is 187 g/mol. The Kier molecular flexibility index (Phi) is 2.36. The summed E-state index contributed by atoms with van der Waals surface area (Å²) in [5.74, 6) is 0. The zero-order valence-corrected chi connectivity index (χ0v) is 9.30. The van der Waals surface area contributed by atoms with E-state index in [0.29, 0.717) is 0 Å². The molecule has 0 N–H and O–H groups in total. The third-order valence-corrected chi connectivity index (χ3v) is 5.71. The fourth-order valence-electron chi connectivity index (χ4n) is 1.98. The highest BCUT2D eigenvalue weighted by atomic mass is 28.3. The van der Waals surface area contributed by atoms with Gasteiger partial charge >= 0.3 is 0 Å². The van der Waals surface area contributed by atoms with Gasteiger partial charge in [0.1, 0.15) is 8.80 Å². The van der Waals surface area contributed by atoms with Gasteiger partial charge in [-0.05, 0) is 19.8 Å². The number of allylic oxidation sites excluding steroid dienone is 8. The van der Waals surface area contributed by atoms with Crippen molar-refractivity contribution in [3.8, 4) is 0 Å². The molecule has 0 fully saturated rings. The summed E-state index contributed by atoms with van der Waals surface area (Å²) in [5.41, 5.74) is 1.52. The van der Waals surface area contributed by atoms with Gasteiger partial charge in [-0.25, -0.2) is 0 Å². The van der Waals surface area contributed by atoms with Crippen LogP contribution in [-0.4, -0.2) is 8.80 Å². The molecule has 0 aromatic heterocycles. The molecule has 0 heterocycles. The highest BCUT2D eigenvalue weighted by Crippen LogP contribution is 2.27. The quantitative estimate of drug-likeness (QED) is 0.582. The van der Waals surface area contributed by atoms with Gasteiger partial charge in [0, 0.05) is 0 Å². The Hall–Kier alpha value is -0.823. The lowest BCUT2D eigenvalue weighted by Gasteiger charge is -2.13. The summed E-state index contributed by atoms with van der Waals surface area (Å²) in [6.45, 7) is 4.67. The van der Waals surface area contributed by atoms with Crippen molar-refractivity contribution in [2.24, 2.45) is 0 Å². The van der Waals surface area contributed by atoms with Crippen LogP contribution in [0, 0.1) is 0 Å². The lowest BCUT2D eigenvalue weighted by molar-refractivity contribution is 1.31. The van der Waals surface area contributed by atoms with Crippen LogP contribution < -0.4 is 0 Å². The van der Waals surface area contributed by atoms with Crippen molar-refractivity contribution in [2.45, 2.75) is 26.3 Å². The topological polar surface area (TPSA) is 0 Å². The molecule has 0 nitrogen and oxygen atoms in total. The summed E-state index contributed by atoms with van der Waals surface area (Å²) < 4.78 is 0. The maximum atomic E-state index is 2.43. The van der Waals surface area contributed by atoms with Crippen molar-refractivity contribution in [3.05, 3.63) is 46.3 Å². The molecule has 0 bridgehead atoms. The molecule has 13 heavy (non-hydrogen) atoms. The second kappa shape index (κ2) is 3.50. The molecular weight excluding hydrogens is 172 g/mol. The van der Waals surface area contributed by atoms with E-state index in [0.717, 1.165) is 0 Å². The lowest BCUT2D eigenvalue weighted by atomic mass is 10.3. The summed E-state index contributed by atoms with van der Waals surface area (Å²) in [7, 11) is -0.378. The minimum Gasteiger partial charge on any atom is -0.0809 e. The smallest absolute Gasteiger partial charge is 0.0809 e. The van der Waals surface area contributed by atoms with Gasteiger partial charge in [0.2, 0.25) is 0 Å². The molecule has 1 heteroatoms. The maximum Gasteiger partial charge on any atom is 0.108 e. The van der Waals surface area contributed by atoms with Crippen molar-refractivity contribution in [1.82, 2.24) is 0 Å². The normalized spacial score (nSPS) is 20.7. The van der Waals surface area contributed by atoms with Crippen molar-refractivity contribution in [3.63, 3.8) is 0 Å². The zero-order chi connectivity index (χ0) is 9.26. The third kappa shape index (κ3) is 1.61. The Bertz CT molecular complexity index is 329. The molecule has 0 unspecified atom stereocenters. The summed E-state index contributed by atoms with van der Waals surface area (Å²) in [5, 5.41) is 3.38. The van der Waals surface area contributed by atoms with Gasteiger partial charge in [0.05, 0.1) is 0 Å². The Labute approximate surface area is 82.0 Å². The van der Waals surface area contributed by atoms with Crippen LogP contribution in [0.4, 0.5) is 0 Å². The summed E-state index contributed by atoms with van der Waals surface area (Å²) in [6.07, 6.45) is 13.7. The lowest BCUT2D eigenvalue weighted by Crippen LogP contribution is -2.14. The Morgan fingerprint density at radius 3 is 2.62 bits per heavy atom. The molecular formula is C12H15Si. The maximum absolute atomic E-state index is 2.43. The van der Waals surface area contributed by atoms with E-state index in [1.54, 1.807) is 10.4 Å². The predicted molar refractivity (Wildman–Crippen MR) is 59.9 cm³/mol. The molecule has 0 amide bonds. The first-order valence-corrected chi connectivity index (χ1v) is 6.85. The average Bonchev–Trinajstić information content (AvgIpc) is 2.72. The second-order valence-electron chi connectivity index (χ2n) is 3.72. The van der Waals surface area contributed by atoms with E-state index in [-0.39, 0.29) is 8.80 Å². The number of hydrogen-bond donors (Lipinski definition) is 0. The van der Waals surface area contributed by atoms with Gasteiger partial charge in [0.25, 0.3) is 0 Å². The van der Waals surface area contributed by atoms with Crippen LogP contribution in [0.2, 0.25) is 6.55 Å². The van der Waals surface area contributed by atoms with E-state index in [2.05, 4.69) is 43.9 Å². The van der Waals surface area contributed by atoms with E-state index < -0.39 is 0 Å². The zero-order valence-electron chi connectivity index (χ0n) is 8.30. The molecule has 2 aliphatic rings. The Morgan fingerprint density at radius 1 is 1.23 bits per heavy atom. The van der Waals surface area contributed by atoms with Crippen LogP contribution in [-0.2, 0) is 0 Å². The minimum atomic E-state index is -0.378. The highest BCUT2D eigenvalue weighted by Gasteiger charge is 2.19. The highest BCUT2D eigenvalue weighted by molar-refractivity contribution is 6.73. The van der Waals surface area contributed by atoms with E-state index in [4.69, 9.17) is 0 Å². The standard InChI is InChI=1S/C12H15Si/c1-10-6-5-9-12(10)13(2)11-7-3-4-8-11/h3-7H,8-9H2,1-2H3. The molecule has 1 radical (unpaired) electrons. The molecule has 2 aliphatic carbocycles. The summed E-state index contributed by atoms with van der Waals surface area (Å²) in [6, 6.07) is 0. The van der Waals surface area contributed by atoms with Gasteiger partial charge in [-0.15, -0.1) is 0 Å². The van der Waals surface area contributed by atoms with Gasteiger partial charge in [-0.1, -0.05) is 52.9 Å². The van der Waals surface area contributed by atoms with Crippen LogP contribution in [0.5, 0.6) is 0 Å². The SMILES string of the molecule is CC1=C([Si](C)C2=CC=CC2)CC=C1. The largest absolute Gasteiger partial charge is 0.108 e. The first kappa shape index (κ1) is 8.76.